The van der Waals surface area contributed by atoms with Crippen LogP contribution in [0.15, 0.2) is 229 Å². The molecule has 5 aliphatic rings. The number of ether oxygens (including phenoxy) is 1. The highest BCUT2D eigenvalue weighted by molar-refractivity contribution is 6.06. The van der Waals surface area contributed by atoms with Gasteiger partial charge in [0.2, 0.25) is 0 Å². The maximum atomic E-state index is 6.95. The number of hydrogen-bond acceptors (Lipinski definition) is 3. The van der Waals surface area contributed by atoms with Gasteiger partial charge in [-0.1, -0.05) is 195 Å². The van der Waals surface area contributed by atoms with Crippen LogP contribution in [0.25, 0.3) is 33.1 Å². The normalized spacial score (nSPS) is 20.5. The van der Waals surface area contributed by atoms with E-state index in [2.05, 4.69) is 237 Å². The van der Waals surface area contributed by atoms with Gasteiger partial charge in [-0.15, -0.1) is 0 Å². The molecular weight excluding hydrogens is 839 g/mol. The van der Waals surface area contributed by atoms with E-state index < -0.39 is 10.8 Å². The topological polar surface area (TPSA) is 34.4 Å². The molecule has 0 bridgehead atoms. The predicted molar refractivity (Wildman–Crippen MR) is 279 cm³/mol. The van der Waals surface area contributed by atoms with Crippen molar-refractivity contribution in [3.05, 3.63) is 286 Å². The fourth-order valence-electron chi connectivity index (χ4n) is 14.2. The number of anilines is 2. The van der Waals surface area contributed by atoms with Gasteiger partial charge in [-0.25, -0.2) is 0 Å². The Morgan fingerprint density at radius 1 is 0.522 bits per heavy atom. The van der Waals surface area contributed by atoms with Crippen LogP contribution < -0.4 is 10.1 Å². The zero-order valence-electron chi connectivity index (χ0n) is 38.2. The van der Waals surface area contributed by atoms with Crippen molar-refractivity contribution in [2.45, 2.75) is 42.4 Å². The van der Waals surface area contributed by atoms with Gasteiger partial charge < -0.3 is 14.5 Å². The number of benzene rings is 9. The molecule has 328 valence electrons. The summed E-state index contributed by atoms with van der Waals surface area (Å²) in [6.07, 6.45) is 11.0. The Morgan fingerprint density at radius 3 is 2.06 bits per heavy atom. The van der Waals surface area contributed by atoms with Crippen LogP contribution >= 0.6 is 0 Å². The van der Waals surface area contributed by atoms with Gasteiger partial charge in [-0.05, 0) is 116 Å². The molecule has 0 amide bonds. The lowest BCUT2D eigenvalue weighted by atomic mass is 9.53. The van der Waals surface area contributed by atoms with Crippen LogP contribution in [0.4, 0.5) is 11.4 Å². The molecule has 1 aromatic heterocycles. The third kappa shape index (κ3) is 5.07. The molecule has 2 aliphatic heterocycles. The summed E-state index contributed by atoms with van der Waals surface area (Å²) < 4.78 is 13.5. The molecule has 9 aromatic carbocycles. The van der Waals surface area contributed by atoms with Crippen LogP contribution in [0.2, 0.25) is 0 Å². The van der Waals surface area contributed by atoms with E-state index in [0.717, 1.165) is 52.3 Å². The number of para-hydroxylation sites is 3. The molecule has 3 aliphatic carbocycles. The van der Waals surface area contributed by atoms with Crippen molar-refractivity contribution in [3.8, 4) is 22.6 Å². The van der Waals surface area contributed by atoms with Crippen LogP contribution in [0.3, 0.4) is 0 Å². The molecule has 69 heavy (non-hydrogen) atoms. The Balaban J connectivity index is 0.930. The minimum atomic E-state index is -0.474. The average molecular weight is 886 g/mol. The number of hydrogen-bond donors (Lipinski definition) is 1. The molecule has 2 spiro atoms. The first kappa shape index (κ1) is 38.9. The summed E-state index contributed by atoms with van der Waals surface area (Å²) in [5.41, 5.74) is 19.9. The lowest BCUT2D eigenvalue weighted by molar-refractivity contribution is 0.264. The van der Waals surface area contributed by atoms with E-state index in [1.165, 1.54) is 77.7 Å². The Bertz CT molecular complexity index is 3820. The van der Waals surface area contributed by atoms with Gasteiger partial charge in [0.05, 0.1) is 10.8 Å². The standard InChI is InChI=1S/C66H47NO2/c1-64-36-15-14-22-49(64)47-20-4-8-25-52(47)66(64)55-27-10-13-30-60(55)69-61-35-32-41(38-56(61)66)37-44(39-43-17-16-31-62-63(43)48-21-5-12-29-59(48)68-62)42-33-34-54-58(40-42)67-57-28-11-9-26-53(57)65(54)50-23-6-2-18-45(50)46-19-3-7-24-51(46)65/h2-36,38,40,44,49,67H,37,39H2,1H3. The van der Waals surface area contributed by atoms with E-state index >= 15 is 0 Å². The molecule has 4 unspecified atom stereocenters. The first-order valence-electron chi connectivity index (χ1n) is 24.5. The summed E-state index contributed by atoms with van der Waals surface area (Å²) in [5, 5.41) is 6.37. The number of rotatable bonds is 5. The highest BCUT2D eigenvalue weighted by Crippen LogP contribution is 2.70. The molecule has 10 aromatic rings. The highest BCUT2D eigenvalue weighted by Gasteiger charge is 2.63. The SMILES string of the molecule is CC12C=CC=CC1c1ccccc1C21c2ccccc2Oc2ccc(CC(Cc3cccc4oc5ccccc5c34)c3ccc4c(c3)Nc3ccccc3C43c4ccccc4-c4ccccc43)cc21. The Hall–Kier alpha value is -8.14. The number of furan rings is 1. The van der Waals surface area contributed by atoms with E-state index in [1.54, 1.807) is 0 Å². The smallest absolute Gasteiger partial charge is 0.135 e. The summed E-state index contributed by atoms with van der Waals surface area (Å²) in [4.78, 5) is 0. The maximum absolute atomic E-state index is 6.95. The van der Waals surface area contributed by atoms with Gasteiger partial charge >= 0.3 is 0 Å². The number of nitrogens with one attached hydrogen (secondary N) is 1. The molecule has 3 heteroatoms. The van der Waals surface area contributed by atoms with Crippen LogP contribution in [-0.2, 0) is 23.7 Å². The summed E-state index contributed by atoms with van der Waals surface area (Å²) in [7, 11) is 0. The molecule has 1 N–H and O–H groups in total. The molecule has 0 radical (unpaired) electrons. The van der Waals surface area contributed by atoms with Gasteiger partial charge in [-0.3, -0.25) is 0 Å². The van der Waals surface area contributed by atoms with Gasteiger partial charge in [0.1, 0.15) is 22.7 Å². The molecule has 0 saturated heterocycles. The zero-order valence-corrected chi connectivity index (χ0v) is 38.2. The first-order chi connectivity index (χ1) is 34.1. The average Bonchev–Trinajstić information content (AvgIpc) is 4.00. The first-order valence-corrected chi connectivity index (χ1v) is 24.5. The summed E-state index contributed by atoms with van der Waals surface area (Å²) in [5.74, 6) is 2.19. The van der Waals surface area contributed by atoms with Gasteiger partial charge in [0, 0.05) is 44.6 Å². The lowest BCUT2D eigenvalue weighted by Gasteiger charge is -2.49. The molecule has 15 rings (SSSR count). The van der Waals surface area contributed by atoms with Crippen molar-refractivity contribution < 1.29 is 9.15 Å². The Morgan fingerprint density at radius 2 is 1.20 bits per heavy atom. The van der Waals surface area contributed by atoms with Crippen molar-refractivity contribution in [1.29, 1.82) is 0 Å². The maximum Gasteiger partial charge on any atom is 0.135 e. The van der Waals surface area contributed by atoms with Crippen molar-refractivity contribution >= 4 is 33.3 Å². The molecular formula is C66H47NO2. The fourth-order valence-corrected chi connectivity index (χ4v) is 14.2. The lowest BCUT2D eigenvalue weighted by Crippen LogP contribution is -2.45. The number of allylic oxidation sites excluding steroid dienone is 4. The molecule has 0 fully saturated rings. The van der Waals surface area contributed by atoms with Crippen molar-refractivity contribution in [2.24, 2.45) is 5.41 Å². The highest BCUT2D eigenvalue weighted by atomic mass is 16.5. The van der Waals surface area contributed by atoms with Gasteiger partial charge in [0.25, 0.3) is 0 Å². The summed E-state index contributed by atoms with van der Waals surface area (Å²) in [6, 6.07) is 74.5. The second-order valence-corrected chi connectivity index (χ2v) is 20.1. The second kappa shape index (κ2) is 14.2. The fraction of sp³-hybridized carbons (Fsp3) is 0.121. The van der Waals surface area contributed by atoms with E-state index in [-0.39, 0.29) is 17.3 Å². The molecule has 3 nitrogen and oxygen atoms in total. The summed E-state index contributed by atoms with van der Waals surface area (Å²) >= 11 is 0. The van der Waals surface area contributed by atoms with Crippen molar-refractivity contribution in [3.63, 3.8) is 0 Å². The molecule has 3 heterocycles. The van der Waals surface area contributed by atoms with E-state index in [9.17, 15) is 0 Å². The molecule has 0 saturated carbocycles. The zero-order chi connectivity index (χ0) is 45.5. The number of fused-ring (bicyclic) bond motifs is 21. The minimum Gasteiger partial charge on any atom is -0.457 e. The third-order valence-electron chi connectivity index (χ3n) is 16.9. The quantitative estimate of drug-likeness (QED) is 0.187. The Labute approximate surface area is 402 Å². The molecule has 4 atom stereocenters. The van der Waals surface area contributed by atoms with Crippen LogP contribution in [0, 0.1) is 5.41 Å². The van der Waals surface area contributed by atoms with E-state index in [0.29, 0.717) is 0 Å². The van der Waals surface area contributed by atoms with E-state index in [4.69, 9.17) is 9.15 Å². The largest absolute Gasteiger partial charge is 0.457 e. The van der Waals surface area contributed by atoms with Crippen molar-refractivity contribution in [1.82, 2.24) is 0 Å². The summed E-state index contributed by atoms with van der Waals surface area (Å²) in [6.45, 7) is 2.47. The van der Waals surface area contributed by atoms with Crippen molar-refractivity contribution in [2.75, 3.05) is 5.32 Å². The van der Waals surface area contributed by atoms with Crippen LogP contribution in [0.5, 0.6) is 11.5 Å². The van der Waals surface area contributed by atoms with Crippen LogP contribution in [0.1, 0.15) is 80.0 Å². The second-order valence-electron chi connectivity index (χ2n) is 20.1. The van der Waals surface area contributed by atoms with Gasteiger partial charge in [-0.2, -0.15) is 0 Å². The van der Waals surface area contributed by atoms with Gasteiger partial charge in [0.15, 0.2) is 0 Å². The van der Waals surface area contributed by atoms with Crippen LogP contribution in [-0.4, -0.2) is 0 Å². The third-order valence-corrected chi connectivity index (χ3v) is 16.9. The van der Waals surface area contributed by atoms with E-state index in [1.807, 2.05) is 0 Å². The predicted octanol–water partition coefficient (Wildman–Crippen LogP) is 16.2. The Kier molecular flexibility index (Phi) is 8.01. The minimum absolute atomic E-state index is 0.107. The monoisotopic (exact) mass is 885 g/mol.